The Morgan fingerprint density at radius 3 is 2.70 bits per heavy atom. The van der Waals surface area contributed by atoms with Crippen molar-refractivity contribution in [2.24, 2.45) is 4.99 Å². The summed E-state index contributed by atoms with van der Waals surface area (Å²) in [5.74, 6) is -0.332. The number of phenolic OH excluding ortho intramolecular Hbond substituents is 1. The van der Waals surface area contributed by atoms with Crippen molar-refractivity contribution in [2.45, 2.75) is 26.3 Å². The smallest absolute Gasteiger partial charge is 0.280 e. The molecule has 8 heteroatoms. The molecule has 1 aromatic heterocycles. The molecule has 4 N–H and O–H groups in total. The van der Waals surface area contributed by atoms with Gasteiger partial charge in [0.2, 0.25) is 5.96 Å². The van der Waals surface area contributed by atoms with E-state index in [2.05, 4.69) is 25.8 Å². The van der Waals surface area contributed by atoms with Crippen LogP contribution in [-0.2, 0) is 0 Å². The molecule has 27 heavy (non-hydrogen) atoms. The van der Waals surface area contributed by atoms with Gasteiger partial charge in [0.25, 0.3) is 5.91 Å². The third kappa shape index (κ3) is 4.60. The number of aliphatic imine (C=N–C) groups is 1. The Morgan fingerprint density at radius 1 is 1.22 bits per heavy atom. The predicted molar refractivity (Wildman–Crippen MR) is 102 cm³/mol. The number of hydrogen-bond acceptors (Lipinski definition) is 3. The fourth-order valence-electron chi connectivity index (χ4n) is 2.45. The molecular weight excluding hydrogens is 349 g/mol. The van der Waals surface area contributed by atoms with Gasteiger partial charge in [-0.25, -0.2) is 4.39 Å². The van der Waals surface area contributed by atoms with E-state index in [0.717, 1.165) is 0 Å². The number of carbonyl (C=O) groups is 1. The Morgan fingerprint density at radius 2 is 2.00 bits per heavy atom. The van der Waals surface area contributed by atoms with Crippen LogP contribution in [-0.4, -0.2) is 32.7 Å². The maximum absolute atomic E-state index is 13.4. The van der Waals surface area contributed by atoms with Gasteiger partial charge in [-0.15, -0.1) is 0 Å². The zero-order valence-corrected chi connectivity index (χ0v) is 15.2. The summed E-state index contributed by atoms with van der Waals surface area (Å²) >= 11 is 0. The first kappa shape index (κ1) is 18.4. The SMILES string of the molecule is CC(C)(C)N/C(=N/C(=O)c1cccc(O)c1)Nc1n[nH]c2cc(F)ccc12. The molecule has 7 nitrogen and oxygen atoms in total. The number of carbonyl (C=O) groups excluding carboxylic acids is 1. The van der Waals surface area contributed by atoms with E-state index in [4.69, 9.17) is 0 Å². The number of anilines is 1. The number of aromatic nitrogens is 2. The highest BCUT2D eigenvalue weighted by atomic mass is 19.1. The minimum absolute atomic E-state index is 0.0188. The summed E-state index contributed by atoms with van der Waals surface area (Å²) in [4.78, 5) is 16.6. The van der Waals surface area contributed by atoms with Gasteiger partial charge in [0.1, 0.15) is 11.6 Å². The van der Waals surface area contributed by atoms with E-state index in [1.165, 1.54) is 24.3 Å². The number of H-pyrrole nitrogens is 1. The summed E-state index contributed by atoms with van der Waals surface area (Å²) in [6.45, 7) is 5.75. The van der Waals surface area contributed by atoms with Gasteiger partial charge in [-0.3, -0.25) is 9.89 Å². The number of aromatic amines is 1. The van der Waals surface area contributed by atoms with Crippen molar-refractivity contribution in [3.8, 4) is 5.75 Å². The molecule has 1 heterocycles. The molecule has 0 aliphatic carbocycles. The minimum Gasteiger partial charge on any atom is -0.508 e. The third-order valence-electron chi connectivity index (χ3n) is 3.56. The van der Waals surface area contributed by atoms with Gasteiger partial charge in [-0.1, -0.05) is 6.07 Å². The van der Waals surface area contributed by atoms with Crippen LogP contribution in [0.25, 0.3) is 10.9 Å². The second kappa shape index (κ2) is 7.06. The summed E-state index contributed by atoms with van der Waals surface area (Å²) in [6.07, 6.45) is 0. The Bertz CT molecular complexity index is 1020. The molecule has 2 aromatic carbocycles. The van der Waals surface area contributed by atoms with Crippen molar-refractivity contribution in [3.63, 3.8) is 0 Å². The lowest BCUT2D eigenvalue weighted by Gasteiger charge is -2.23. The number of aromatic hydroxyl groups is 1. The number of guanidine groups is 1. The first-order valence-electron chi connectivity index (χ1n) is 8.32. The van der Waals surface area contributed by atoms with Crippen molar-refractivity contribution in [3.05, 3.63) is 53.8 Å². The number of nitrogens with zero attached hydrogens (tertiary/aromatic N) is 2. The van der Waals surface area contributed by atoms with Gasteiger partial charge in [0.15, 0.2) is 5.82 Å². The van der Waals surface area contributed by atoms with Crippen LogP contribution < -0.4 is 10.6 Å². The summed E-state index contributed by atoms with van der Waals surface area (Å²) in [6, 6.07) is 10.2. The van der Waals surface area contributed by atoms with Crippen molar-refractivity contribution < 1.29 is 14.3 Å². The largest absolute Gasteiger partial charge is 0.508 e. The zero-order chi connectivity index (χ0) is 19.6. The molecular formula is C19H20FN5O2. The highest BCUT2D eigenvalue weighted by molar-refractivity contribution is 6.09. The van der Waals surface area contributed by atoms with Gasteiger partial charge in [-0.05, 0) is 57.2 Å². The molecule has 0 aliphatic heterocycles. The lowest BCUT2D eigenvalue weighted by molar-refractivity contribution is 0.100. The van der Waals surface area contributed by atoms with Gasteiger partial charge in [0.05, 0.1) is 5.52 Å². The quantitative estimate of drug-likeness (QED) is 0.410. The van der Waals surface area contributed by atoms with E-state index in [-0.39, 0.29) is 28.6 Å². The van der Waals surface area contributed by atoms with Gasteiger partial charge in [-0.2, -0.15) is 10.1 Å². The highest BCUT2D eigenvalue weighted by Gasteiger charge is 2.17. The van der Waals surface area contributed by atoms with Crippen LogP contribution in [0.15, 0.2) is 47.5 Å². The van der Waals surface area contributed by atoms with Gasteiger partial charge in [0, 0.05) is 16.5 Å². The molecule has 0 atom stereocenters. The maximum atomic E-state index is 13.4. The van der Waals surface area contributed by atoms with E-state index in [0.29, 0.717) is 16.7 Å². The average molecular weight is 369 g/mol. The molecule has 0 saturated heterocycles. The minimum atomic E-state index is -0.531. The van der Waals surface area contributed by atoms with Crippen LogP contribution in [0.4, 0.5) is 10.2 Å². The molecule has 3 aromatic rings. The molecule has 140 valence electrons. The van der Waals surface area contributed by atoms with Crippen LogP contribution in [0.3, 0.4) is 0 Å². The predicted octanol–water partition coefficient (Wildman–Crippen LogP) is 3.40. The van der Waals surface area contributed by atoms with E-state index < -0.39 is 5.91 Å². The fourth-order valence-corrected chi connectivity index (χ4v) is 2.45. The molecule has 1 amide bonds. The number of rotatable bonds is 2. The number of nitrogens with one attached hydrogen (secondary N) is 3. The Balaban J connectivity index is 1.94. The standard InChI is InChI=1S/C19H20FN5O2/c1-19(2,3)23-18(22-17(27)11-5-4-6-13(26)9-11)21-16-14-8-7-12(20)10-15(14)24-25-16/h4-10,26H,1-3H3,(H3,21,22,23,24,25,27). The normalized spacial score (nSPS) is 12.2. The molecule has 0 fully saturated rings. The van der Waals surface area contributed by atoms with Crippen molar-refractivity contribution in [1.82, 2.24) is 15.5 Å². The summed E-state index contributed by atoms with van der Waals surface area (Å²) in [5.41, 5.74) is 0.384. The molecule has 0 aliphatic rings. The van der Waals surface area contributed by atoms with E-state index >= 15 is 0 Å². The summed E-state index contributed by atoms with van der Waals surface area (Å²) in [5, 5.41) is 23.2. The molecule has 0 unspecified atom stereocenters. The van der Waals surface area contributed by atoms with Crippen molar-refractivity contribution in [1.29, 1.82) is 0 Å². The maximum Gasteiger partial charge on any atom is 0.280 e. The highest BCUT2D eigenvalue weighted by Crippen LogP contribution is 2.21. The molecule has 3 rings (SSSR count). The molecule has 0 spiro atoms. The lowest BCUT2D eigenvalue weighted by Crippen LogP contribution is -2.44. The molecule has 0 bridgehead atoms. The molecule has 0 radical (unpaired) electrons. The van der Waals surface area contributed by atoms with Crippen LogP contribution in [0.2, 0.25) is 0 Å². The van der Waals surface area contributed by atoms with Crippen LogP contribution in [0.5, 0.6) is 5.75 Å². The van der Waals surface area contributed by atoms with Crippen LogP contribution >= 0.6 is 0 Å². The van der Waals surface area contributed by atoms with Gasteiger partial charge < -0.3 is 15.7 Å². The Hall–Kier alpha value is -3.42. The van der Waals surface area contributed by atoms with Crippen molar-refractivity contribution >= 4 is 28.6 Å². The Kier molecular flexibility index (Phi) is 4.81. The zero-order valence-electron chi connectivity index (χ0n) is 15.2. The van der Waals surface area contributed by atoms with Crippen LogP contribution in [0.1, 0.15) is 31.1 Å². The summed E-state index contributed by atoms with van der Waals surface area (Å²) in [7, 11) is 0. The second-order valence-electron chi connectivity index (χ2n) is 7.08. The van der Waals surface area contributed by atoms with Crippen LogP contribution in [0, 0.1) is 5.82 Å². The van der Waals surface area contributed by atoms with Gasteiger partial charge >= 0.3 is 0 Å². The number of halogens is 1. The monoisotopic (exact) mass is 369 g/mol. The topological polar surface area (TPSA) is 102 Å². The first-order chi connectivity index (χ1) is 12.7. The lowest BCUT2D eigenvalue weighted by atomic mass is 10.1. The van der Waals surface area contributed by atoms with E-state index in [9.17, 15) is 14.3 Å². The summed E-state index contributed by atoms with van der Waals surface area (Å²) < 4.78 is 13.4. The van der Waals surface area contributed by atoms with Crippen molar-refractivity contribution in [2.75, 3.05) is 5.32 Å². The number of benzene rings is 2. The number of amides is 1. The fraction of sp³-hybridized carbons (Fsp3) is 0.211. The number of fused-ring (bicyclic) bond motifs is 1. The second-order valence-corrected chi connectivity index (χ2v) is 7.08. The first-order valence-corrected chi connectivity index (χ1v) is 8.32. The number of phenols is 1. The number of hydrogen-bond donors (Lipinski definition) is 4. The Labute approximate surface area is 155 Å². The van der Waals surface area contributed by atoms with E-state index in [1.54, 1.807) is 18.2 Å². The molecule has 0 saturated carbocycles. The van der Waals surface area contributed by atoms with E-state index in [1.807, 2.05) is 20.8 Å². The third-order valence-corrected chi connectivity index (χ3v) is 3.56. The average Bonchev–Trinajstić information content (AvgIpc) is 2.95.